The van der Waals surface area contributed by atoms with Crippen LogP contribution in [0, 0.1) is 10.1 Å². The third-order valence-electron chi connectivity index (χ3n) is 2.97. The summed E-state index contributed by atoms with van der Waals surface area (Å²) in [5.74, 6) is 5.19. The lowest BCUT2D eigenvalue weighted by molar-refractivity contribution is -0.383. The van der Waals surface area contributed by atoms with Crippen LogP contribution in [0.15, 0.2) is 10.3 Å². The predicted octanol–water partition coefficient (Wildman–Crippen LogP) is 1.75. The molecule has 0 spiro atoms. The van der Waals surface area contributed by atoms with Gasteiger partial charge >= 0.3 is 5.69 Å². The number of rotatable bonds is 7. The van der Waals surface area contributed by atoms with Crippen molar-refractivity contribution in [3.05, 3.63) is 16.2 Å². The Kier molecular flexibility index (Phi) is 5.45. The van der Waals surface area contributed by atoms with Gasteiger partial charge in [0.2, 0.25) is 0 Å². The van der Waals surface area contributed by atoms with Gasteiger partial charge < -0.3 is 5.43 Å². The number of sulfonamides is 1. The van der Waals surface area contributed by atoms with Crippen LogP contribution in [0.2, 0.25) is 0 Å². The van der Waals surface area contributed by atoms with Gasteiger partial charge in [-0.1, -0.05) is 25.2 Å². The first kappa shape index (κ1) is 16.8. The average Bonchev–Trinajstić information content (AvgIpc) is 2.83. The van der Waals surface area contributed by atoms with Crippen molar-refractivity contribution in [1.29, 1.82) is 0 Å². The third-order valence-corrected chi connectivity index (χ3v) is 6.57. The Labute approximate surface area is 121 Å². The number of hydrogen-bond donors (Lipinski definition) is 2. The number of hydrazine groups is 1. The third kappa shape index (κ3) is 3.08. The zero-order chi connectivity index (χ0) is 15.5. The van der Waals surface area contributed by atoms with Crippen LogP contribution in [-0.2, 0) is 10.0 Å². The smallest absolute Gasteiger partial charge is 0.306 e. The minimum atomic E-state index is -3.76. The van der Waals surface area contributed by atoms with Crippen LogP contribution in [0.5, 0.6) is 0 Å². The van der Waals surface area contributed by atoms with Gasteiger partial charge in [-0.3, -0.25) is 10.1 Å². The molecule has 3 N–H and O–H groups in total. The van der Waals surface area contributed by atoms with E-state index in [0.29, 0.717) is 13.0 Å². The van der Waals surface area contributed by atoms with E-state index in [1.54, 1.807) is 13.8 Å². The molecule has 0 fully saturated rings. The van der Waals surface area contributed by atoms with Crippen LogP contribution < -0.4 is 11.3 Å². The lowest BCUT2D eigenvalue weighted by Crippen LogP contribution is -2.37. The van der Waals surface area contributed by atoms with Crippen LogP contribution in [0.3, 0.4) is 0 Å². The maximum absolute atomic E-state index is 12.5. The van der Waals surface area contributed by atoms with E-state index in [2.05, 4.69) is 5.43 Å². The van der Waals surface area contributed by atoms with Gasteiger partial charge in [0.15, 0.2) is 5.00 Å². The molecule has 1 aromatic heterocycles. The van der Waals surface area contributed by atoms with E-state index in [1.807, 2.05) is 6.92 Å². The SMILES string of the molecule is CCC(C)N(CC)S(=O)(=O)c1cc([N+](=O)[O-])c(NN)s1. The summed E-state index contributed by atoms with van der Waals surface area (Å²) in [6.07, 6.45) is 0.655. The molecule has 0 radical (unpaired) electrons. The molecule has 0 aliphatic heterocycles. The fourth-order valence-electron chi connectivity index (χ4n) is 1.76. The Morgan fingerprint density at radius 2 is 2.15 bits per heavy atom. The molecule has 1 heterocycles. The molecule has 0 amide bonds. The number of nitro groups is 1. The van der Waals surface area contributed by atoms with E-state index >= 15 is 0 Å². The predicted molar refractivity (Wildman–Crippen MR) is 78.1 cm³/mol. The highest BCUT2D eigenvalue weighted by molar-refractivity contribution is 7.91. The summed E-state index contributed by atoms with van der Waals surface area (Å²) in [6, 6.07) is 0.862. The highest BCUT2D eigenvalue weighted by Gasteiger charge is 2.32. The molecule has 1 atom stereocenters. The van der Waals surface area contributed by atoms with E-state index in [-0.39, 0.29) is 20.9 Å². The minimum Gasteiger partial charge on any atom is -0.310 e. The molecule has 0 aliphatic carbocycles. The van der Waals surface area contributed by atoms with Gasteiger partial charge in [0.05, 0.1) is 4.92 Å². The Balaban J connectivity index is 3.31. The van der Waals surface area contributed by atoms with Gasteiger partial charge in [0, 0.05) is 18.7 Å². The Morgan fingerprint density at radius 1 is 1.55 bits per heavy atom. The van der Waals surface area contributed by atoms with Crippen molar-refractivity contribution in [2.45, 2.75) is 37.4 Å². The van der Waals surface area contributed by atoms with Crippen molar-refractivity contribution in [2.24, 2.45) is 5.84 Å². The average molecular weight is 322 g/mol. The Bertz CT molecular complexity index is 584. The number of nitrogens with two attached hydrogens (primary N) is 1. The fraction of sp³-hybridized carbons (Fsp3) is 0.600. The van der Waals surface area contributed by atoms with Gasteiger partial charge in [0.1, 0.15) is 4.21 Å². The van der Waals surface area contributed by atoms with E-state index < -0.39 is 14.9 Å². The van der Waals surface area contributed by atoms with Crippen molar-refractivity contribution in [3.63, 3.8) is 0 Å². The summed E-state index contributed by atoms with van der Waals surface area (Å²) in [4.78, 5) is 10.2. The molecule has 1 aromatic rings. The second-order valence-corrected chi connectivity index (χ2v) is 7.32. The highest BCUT2D eigenvalue weighted by atomic mass is 32.2. The normalized spacial score (nSPS) is 13.4. The molecule has 0 aromatic carbocycles. The summed E-state index contributed by atoms with van der Waals surface area (Å²) >= 11 is 0.759. The fourth-order valence-corrected chi connectivity index (χ4v) is 4.85. The summed E-state index contributed by atoms with van der Waals surface area (Å²) in [6.45, 7) is 5.71. The van der Waals surface area contributed by atoms with Gasteiger partial charge in [-0.05, 0) is 13.3 Å². The minimum absolute atomic E-state index is 0.0220. The topological polar surface area (TPSA) is 119 Å². The van der Waals surface area contributed by atoms with Crippen molar-refractivity contribution in [3.8, 4) is 0 Å². The molecular weight excluding hydrogens is 304 g/mol. The summed E-state index contributed by atoms with van der Waals surface area (Å²) in [5.41, 5.74) is 1.83. The number of nitrogens with one attached hydrogen (secondary N) is 1. The van der Waals surface area contributed by atoms with Crippen molar-refractivity contribution >= 4 is 32.0 Å². The zero-order valence-corrected chi connectivity index (χ0v) is 13.1. The molecule has 0 saturated heterocycles. The zero-order valence-electron chi connectivity index (χ0n) is 11.5. The number of hydrogen-bond acceptors (Lipinski definition) is 7. The van der Waals surface area contributed by atoms with E-state index in [1.165, 1.54) is 4.31 Å². The van der Waals surface area contributed by atoms with E-state index in [9.17, 15) is 18.5 Å². The molecule has 114 valence electrons. The first-order chi connectivity index (χ1) is 9.29. The molecule has 0 aliphatic rings. The Hall–Kier alpha value is -1.23. The molecule has 20 heavy (non-hydrogen) atoms. The lowest BCUT2D eigenvalue weighted by Gasteiger charge is -2.25. The van der Waals surface area contributed by atoms with Crippen LogP contribution in [0.4, 0.5) is 10.7 Å². The first-order valence-electron chi connectivity index (χ1n) is 6.06. The number of anilines is 1. The monoisotopic (exact) mass is 322 g/mol. The molecule has 10 heteroatoms. The van der Waals surface area contributed by atoms with Gasteiger partial charge in [0.25, 0.3) is 10.0 Å². The molecule has 0 saturated carbocycles. The Morgan fingerprint density at radius 3 is 2.50 bits per heavy atom. The number of nitrogens with zero attached hydrogens (tertiary/aromatic N) is 2. The molecule has 1 rings (SSSR count). The second kappa shape index (κ2) is 6.48. The maximum atomic E-state index is 12.5. The molecular formula is C10H18N4O4S2. The number of nitrogen functional groups attached to an aromatic ring is 1. The van der Waals surface area contributed by atoms with Gasteiger partial charge in [-0.15, -0.1) is 0 Å². The second-order valence-electron chi connectivity index (χ2n) is 4.15. The van der Waals surface area contributed by atoms with Crippen molar-refractivity contribution in [1.82, 2.24) is 4.31 Å². The maximum Gasteiger partial charge on any atom is 0.306 e. The molecule has 8 nitrogen and oxygen atoms in total. The largest absolute Gasteiger partial charge is 0.310 e. The van der Waals surface area contributed by atoms with Crippen LogP contribution in [0.1, 0.15) is 27.2 Å². The van der Waals surface area contributed by atoms with Gasteiger partial charge in [-0.2, -0.15) is 4.31 Å². The summed E-state index contributed by atoms with van der Waals surface area (Å²) in [5, 5.41) is 10.9. The quantitative estimate of drug-likeness (QED) is 0.448. The van der Waals surface area contributed by atoms with Crippen LogP contribution in [-0.4, -0.2) is 30.2 Å². The van der Waals surface area contributed by atoms with Crippen molar-refractivity contribution < 1.29 is 13.3 Å². The molecule has 0 bridgehead atoms. The van der Waals surface area contributed by atoms with Crippen LogP contribution >= 0.6 is 11.3 Å². The van der Waals surface area contributed by atoms with E-state index in [4.69, 9.17) is 5.84 Å². The first-order valence-corrected chi connectivity index (χ1v) is 8.31. The summed E-state index contributed by atoms with van der Waals surface area (Å²) in [7, 11) is -3.76. The van der Waals surface area contributed by atoms with Crippen LogP contribution in [0.25, 0.3) is 0 Å². The van der Waals surface area contributed by atoms with E-state index in [0.717, 1.165) is 17.4 Å². The van der Waals surface area contributed by atoms with Gasteiger partial charge in [-0.25, -0.2) is 14.3 Å². The standard InChI is InChI=1S/C10H18N4O4S2/c1-4-7(3)13(5-2)20(17,18)9-6-8(14(15)16)10(12-11)19-9/h6-7,12H,4-5,11H2,1-3H3. The lowest BCUT2D eigenvalue weighted by atomic mass is 10.3. The van der Waals surface area contributed by atoms with Crippen molar-refractivity contribution in [2.75, 3.05) is 12.0 Å². The summed E-state index contributed by atoms with van der Waals surface area (Å²) < 4.78 is 26.3. The molecule has 1 unspecified atom stereocenters. The number of thiophene rings is 1. The highest BCUT2D eigenvalue weighted by Crippen LogP contribution is 2.38.